The maximum Gasteiger partial charge on any atom is 0.228 e. The minimum atomic E-state index is -0.296. The first-order valence-corrected chi connectivity index (χ1v) is 9.79. The van der Waals surface area contributed by atoms with Gasteiger partial charge in [0.1, 0.15) is 11.9 Å². The standard InChI is InChI=1S/C16H21N5O3.C6H4/c1-9(22)12-8-18-4-5-21(12)16-19-11-7-14(24-3)13(23-2)6-10(11)15(17)20-16;1-2-6-4-3-5(1)6/h6-7,12,18H,4-5,8H2,1-3H3,(H2,17,19,20);1-4H. The Kier molecular flexibility index (Phi) is 5.41. The van der Waals surface area contributed by atoms with Crippen LogP contribution in [0.5, 0.6) is 11.5 Å². The highest BCUT2D eigenvalue weighted by Crippen LogP contribution is 2.34. The van der Waals surface area contributed by atoms with Crippen LogP contribution in [0.2, 0.25) is 0 Å². The number of rotatable bonds is 4. The average molecular weight is 407 g/mol. The second kappa shape index (κ2) is 8.16. The number of nitrogens with one attached hydrogen (secondary N) is 1. The molecule has 1 aliphatic heterocycles. The first-order valence-electron chi connectivity index (χ1n) is 9.79. The molecule has 156 valence electrons. The summed E-state index contributed by atoms with van der Waals surface area (Å²) in [5, 5.41) is 3.90. The molecule has 2 heterocycles. The highest BCUT2D eigenvalue weighted by atomic mass is 16.5. The van der Waals surface area contributed by atoms with Gasteiger partial charge in [-0.15, -0.1) is 0 Å². The number of piperazine rings is 1. The third-order valence-electron chi connectivity index (χ3n) is 5.41. The molecule has 1 atom stereocenters. The number of fused-ring (bicyclic) bond motifs is 2. The van der Waals surface area contributed by atoms with Gasteiger partial charge in [-0.1, -0.05) is 24.3 Å². The molecule has 0 saturated carbocycles. The van der Waals surface area contributed by atoms with E-state index in [0.29, 0.717) is 47.3 Å². The Bertz CT molecular complexity index is 1060. The highest BCUT2D eigenvalue weighted by molar-refractivity contribution is 5.92. The Hall–Kier alpha value is -3.39. The molecule has 1 aromatic carbocycles. The highest BCUT2D eigenvalue weighted by Gasteiger charge is 2.28. The number of hydrogen-bond acceptors (Lipinski definition) is 8. The molecule has 1 unspecified atom stereocenters. The van der Waals surface area contributed by atoms with Gasteiger partial charge in [0.25, 0.3) is 0 Å². The van der Waals surface area contributed by atoms with Crippen molar-refractivity contribution in [3.8, 4) is 22.6 Å². The van der Waals surface area contributed by atoms with Crippen molar-refractivity contribution in [2.24, 2.45) is 0 Å². The van der Waals surface area contributed by atoms with E-state index in [1.54, 1.807) is 33.3 Å². The third kappa shape index (κ3) is 3.61. The molecule has 0 spiro atoms. The second-order valence-electron chi connectivity index (χ2n) is 7.23. The first-order chi connectivity index (χ1) is 14.5. The number of aromatic nitrogens is 2. The van der Waals surface area contributed by atoms with Crippen molar-refractivity contribution in [1.29, 1.82) is 0 Å². The quantitative estimate of drug-likeness (QED) is 0.531. The molecule has 8 heteroatoms. The van der Waals surface area contributed by atoms with Gasteiger partial charge in [0, 0.05) is 31.1 Å². The van der Waals surface area contributed by atoms with Gasteiger partial charge >= 0.3 is 0 Å². The van der Waals surface area contributed by atoms with E-state index in [4.69, 9.17) is 15.2 Å². The number of benzene rings is 2. The monoisotopic (exact) mass is 407 g/mol. The van der Waals surface area contributed by atoms with Gasteiger partial charge in [-0.25, -0.2) is 4.98 Å². The van der Waals surface area contributed by atoms with Crippen LogP contribution in [0.15, 0.2) is 36.4 Å². The summed E-state index contributed by atoms with van der Waals surface area (Å²) in [5.41, 5.74) is 9.63. The van der Waals surface area contributed by atoms with E-state index >= 15 is 0 Å². The summed E-state index contributed by atoms with van der Waals surface area (Å²) in [6.07, 6.45) is 0. The lowest BCUT2D eigenvalue weighted by molar-refractivity contribution is -0.118. The SMILES string of the molecule is COc1cc2nc(N3CCNCC3C(C)=O)nc(N)c2cc1OC.c1cc2ccc1-2. The topological polar surface area (TPSA) is 103 Å². The average Bonchev–Trinajstić information content (AvgIpc) is 2.75. The smallest absolute Gasteiger partial charge is 0.228 e. The van der Waals surface area contributed by atoms with Crippen molar-refractivity contribution in [2.45, 2.75) is 13.0 Å². The van der Waals surface area contributed by atoms with Crippen molar-refractivity contribution < 1.29 is 14.3 Å². The molecule has 30 heavy (non-hydrogen) atoms. The van der Waals surface area contributed by atoms with Crippen LogP contribution >= 0.6 is 0 Å². The number of anilines is 2. The van der Waals surface area contributed by atoms with Crippen molar-refractivity contribution >= 4 is 28.5 Å². The third-order valence-corrected chi connectivity index (χ3v) is 5.41. The van der Waals surface area contributed by atoms with E-state index in [2.05, 4.69) is 39.6 Å². The Morgan fingerprint density at radius 2 is 1.73 bits per heavy atom. The van der Waals surface area contributed by atoms with Crippen LogP contribution < -0.4 is 25.4 Å². The zero-order valence-electron chi connectivity index (χ0n) is 17.3. The van der Waals surface area contributed by atoms with E-state index in [-0.39, 0.29) is 11.8 Å². The molecule has 0 amide bonds. The molecule has 3 aliphatic rings. The molecule has 3 N–H and O–H groups in total. The van der Waals surface area contributed by atoms with Crippen LogP contribution in [0.3, 0.4) is 0 Å². The fourth-order valence-electron chi connectivity index (χ4n) is 3.56. The predicted octanol–water partition coefficient (Wildman–Crippen LogP) is 2.26. The van der Waals surface area contributed by atoms with E-state index in [1.165, 1.54) is 11.1 Å². The Morgan fingerprint density at radius 3 is 2.27 bits per heavy atom. The number of nitrogens with zero attached hydrogens (tertiary/aromatic N) is 3. The summed E-state index contributed by atoms with van der Waals surface area (Å²) in [4.78, 5) is 22.8. The number of methoxy groups -OCH3 is 2. The molecule has 5 rings (SSSR count). The number of carbonyl (C=O) groups is 1. The summed E-state index contributed by atoms with van der Waals surface area (Å²) in [7, 11) is 3.13. The number of carbonyl (C=O) groups excluding carboxylic acids is 1. The van der Waals surface area contributed by atoms with Gasteiger partial charge in [0.05, 0.1) is 19.7 Å². The van der Waals surface area contributed by atoms with Crippen LogP contribution in [0.25, 0.3) is 22.0 Å². The van der Waals surface area contributed by atoms with E-state index in [0.717, 1.165) is 6.54 Å². The zero-order chi connectivity index (χ0) is 21.3. The molecule has 0 radical (unpaired) electrons. The van der Waals surface area contributed by atoms with E-state index in [9.17, 15) is 4.79 Å². The number of Topliss-reactive ketones (excluding diaryl/α,β-unsaturated/α-hetero) is 1. The van der Waals surface area contributed by atoms with Crippen LogP contribution in [0.1, 0.15) is 6.92 Å². The minimum absolute atomic E-state index is 0.0665. The normalized spacial score (nSPS) is 16.5. The summed E-state index contributed by atoms with van der Waals surface area (Å²) in [6.45, 7) is 3.55. The summed E-state index contributed by atoms with van der Waals surface area (Å²) < 4.78 is 10.6. The lowest BCUT2D eigenvalue weighted by atomic mass is 9.95. The van der Waals surface area contributed by atoms with Crippen LogP contribution in [0.4, 0.5) is 11.8 Å². The van der Waals surface area contributed by atoms with Crippen molar-refractivity contribution in [3.63, 3.8) is 0 Å². The van der Waals surface area contributed by atoms with Gasteiger partial charge < -0.3 is 25.4 Å². The summed E-state index contributed by atoms with van der Waals surface area (Å²) in [6, 6.07) is 11.7. The van der Waals surface area contributed by atoms with E-state index in [1.807, 2.05) is 4.90 Å². The Morgan fingerprint density at radius 1 is 1.10 bits per heavy atom. The van der Waals surface area contributed by atoms with Crippen molar-refractivity contribution in [1.82, 2.24) is 15.3 Å². The van der Waals surface area contributed by atoms with Crippen molar-refractivity contribution in [3.05, 3.63) is 36.4 Å². The first kappa shape index (κ1) is 19.9. The summed E-state index contributed by atoms with van der Waals surface area (Å²) in [5.74, 6) is 2.00. The Balaban J connectivity index is 0.000000305. The molecule has 8 nitrogen and oxygen atoms in total. The molecule has 1 fully saturated rings. The molecule has 1 saturated heterocycles. The van der Waals surface area contributed by atoms with Crippen LogP contribution in [-0.4, -0.2) is 55.6 Å². The lowest BCUT2D eigenvalue weighted by Crippen LogP contribution is -2.55. The molecule has 1 aromatic heterocycles. The van der Waals surface area contributed by atoms with E-state index < -0.39 is 0 Å². The molecule has 2 aliphatic carbocycles. The van der Waals surface area contributed by atoms with Crippen LogP contribution in [0, 0.1) is 0 Å². The molecular weight excluding hydrogens is 382 g/mol. The van der Waals surface area contributed by atoms with Gasteiger partial charge in [0.2, 0.25) is 5.95 Å². The van der Waals surface area contributed by atoms with Crippen LogP contribution in [-0.2, 0) is 4.79 Å². The van der Waals surface area contributed by atoms with Crippen molar-refractivity contribution in [2.75, 3.05) is 44.5 Å². The zero-order valence-corrected chi connectivity index (χ0v) is 17.3. The second-order valence-corrected chi connectivity index (χ2v) is 7.23. The number of ether oxygens (including phenoxy) is 2. The fourth-order valence-corrected chi connectivity index (χ4v) is 3.56. The minimum Gasteiger partial charge on any atom is -0.493 e. The number of ketones is 1. The molecule has 2 aromatic rings. The lowest BCUT2D eigenvalue weighted by Gasteiger charge is -2.34. The number of nitrogen functional groups attached to an aromatic ring is 1. The van der Waals surface area contributed by atoms with Gasteiger partial charge in [-0.2, -0.15) is 4.98 Å². The number of nitrogens with two attached hydrogens (primary N) is 1. The van der Waals surface area contributed by atoms with Gasteiger partial charge in [-0.3, -0.25) is 4.79 Å². The van der Waals surface area contributed by atoms with Gasteiger partial charge in [0.15, 0.2) is 17.3 Å². The molecule has 0 bridgehead atoms. The summed E-state index contributed by atoms with van der Waals surface area (Å²) >= 11 is 0. The fraction of sp³-hybridized carbons (Fsp3) is 0.318. The maximum atomic E-state index is 11.9. The number of hydrogen-bond donors (Lipinski definition) is 2. The largest absolute Gasteiger partial charge is 0.493 e. The Labute approximate surface area is 175 Å². The molecular formula is C22H25N5O3. The predicted molar refractivity (Wildman–Crippen MR) is 117 cm³/mol. The van der Waals surface area contributed by atoms with Gasteiger partial charge in [-0.05, 0) is 24.1 Å². The maximum absolute atomic E-state index is 11.9.